The highest BCUT2D eigenvalue weighted by atomic mass is 16.5. The lowest BCUT2D eigenvalue weighted by Crippen LogP contribution is -2.44. The summed E-state index contributed by atoms with van der Waals surface area (Å²) in [6.45, 7) is 4.53. The summed E-state index contributed by atoms with van der Waals surface area (Å²) in [6.07, 6.45) is 4.45. The lowest BCUT2D eigenvalue weighted by molar-refractivity contribution is -0.141. The van der Waals surface area contributed by atoms with Crippen molar-refractivity contribution in [3.63, 3.8) is 0 Å². The lowest BCUT2D eigenvalue weighted by atomic mass is 9.93. The van der Waals surface area contributed by atoms with Crippen molar-refractivity contribution in [3.05, 3.63) is 83.1 Å². The molecular formula is C29H28N4O4. The molecule has 1 aliphatic rings. The smallest absolute Gasteiger partial charge is 0.271 e. The number of carbonyl (C=O) groups is 2. The minimum atomic E-state index is -0.609. The van der Waals surface area contributed by atoms with Crippen LogP contribution in [0.3, 0.4) is 0 Å². The molecule has 1 aliphatic heterocycles. The maximum Gasteiger partial charge on any atom is 0.271 e. The second-order valence-corrected chi connectivity index (χ2v) is 8.51. The zero-order valence-electron chi connectivity index (χ0n) is 21.1. The van der Waals surface area contributed by atoms with Gasteiger partial charge in [-0.25, -0.2) is 4.68 Å². The summed E-state index contributed by atoms with van der Waals surface area (Å²) in [7, 11) is 1.49. The summed E-state index contributed by atoms with van der Waals surface area (Å²) in [6, 6.07) is 19.2. The molecule has 0 unspecified atom stereocenters. The van der Waals surface area contributed by atoms with Gasteiger partial charge in [-0.1, -0.05) is 25.1 Å². The Morgan fingerprint density at radius 2 is 1.76 bits per heavy atom. The van der Waals surface area contributed by atoms with Crippen LogP contribution in [0.15, 0.2) is 77.5 Å². The first-order chi connectivity index (χ1) is 18.0. The van der Waals surface area contributed by atoms with Crippen molar-refractivity contribution >= 4 is 17.9 Å². The number of carbonyl (C=O) groups excluding carboxylic acids is 2. The van der Waals surface area contributed by atoms with Crippen molar-refractivity contribution in [1.29, 1.82) is 5.26 Å². The molecule has 37 heavy (non-hydrogen) atoms. The van der Waals surface area contributed by atoms with E-state index in [1.54, 1.807) is 17.7 Å². The lowest BCUT2D eigenvalue weighted by Gasteiger charge is -2.27. The van der Waals surface area contributed by atoms with Gasteiger partial charge in [-0.3, -0.25) is 14.5 Å². The van der Waals surface area contributed by atoms with Crippen LogP contribution >= 0.6 is 0 Å². The Kier molecular flexibility index (Phi) is 7.96. The van der Waals surface area contributed by atoms with Gasteiger partial charge in [0.1, 0.15) is 17.4 Å². The first kappa shape index (κ1) is 25.6. The predicted molar refractivity (Wildman–Crippen MR) is 140 cm³/mol. The average Bonchev–Trinajstić information content (AvgIpc) is 3.35. The maximum absolute atomic E-state index is 13.4. The van der Waals surface area contributed by atoms with Crippen LogP contribution in [0.5, 0.6) is 5.75 Å². The second-order valence-electron chi connectivity index (χ2n) is 8.51. The number of hydrogen-bond donors (Lipinski definition) is 0. The van der Waals surface area contributed by atoms with E-state index in [0.717, 1.165) is 28.3 Å². The minimum absolute atomic E-state index is 0.0549. The number of aromatic nitrogens is 2. The third-order valence-corrected chi connectivity index (χ3v) is 6.01. The highest BCUT2D eigenvalue weighted by Gasteiger charge is 2.35. The molecule has 2 aromatic carbocycles. The average molecular weight is 497 g/mol. The largest absolute Gasteiger partial charge is 0.494 e. The van der Waals surface area contributed by atoms with Crippen LogP contribution in [0.4, 0.5) is 0 Å². The van der Waals surface area contributed by atoms with Crippen LogP contribution in [0.25, 0.3) is 23.0 Å². The topological polar surface area (TPSA) is 97.4 Å². The van der Waals surface area contributed by atoms with Crippen LogP contribution in [0.1, 0.15) is 25.8 Å². The van der Waals surface area contributed by atoms with E-state index in [0.29, 0.717) is 23.4 Å². The first-order valence-corrected chi connectivity index (χ1v) is 12.0. The summed E-state index contributed by atoms with van der Waals surface area (Å²) in [5, 5.41) is 14.5. The summed E-state index contributed by atoms with van der Waals surface area (Å²) < 4.78 is 12.5. The van der Waals surface area contributed by atoms with E-state index >= 15 is 0 Å². The SMILES string of the molecule is CCCOc1ccc(-c2nn(-c3ccccc3)cc2/C=C2/C(=O)N(CCOC)C(=O)C(C#N)=C2C)cc1. The quantitative estimate of drug-likeness (QED) is 0.318. The van der Waals surface area contributed by atoms with Crippen molar-refractivity contribution in [3.8, 4) is 28.8 Å². The second kappa shape index (κ2) is 11.5. The summed E-state index contributed by atoms with van der Waals surface area (Å²) >= 11 is 0. The van der Waals surface area contributed by atoms with Gasteiger partial charge in [-0.2, -0.15) is 10.4 Å². The van der Waals surface area contributed by atoms with E-state index in [2.05, 4.69) is 6.92 Å². The molecule has 0 N–H and O–H groups in total. The van der Waals surface area contributed by atoms with Crippen LogP contribution in [-0.4, -0.2) is 53.4 Å². The van der Waals surface area contributed by atoms with E-state index in [1.807, 2.05) is 66.9 Å². The molecule has 188 valence electrons. The van der Waals surface area contributed by atoms with Gasteiger partial charge in [0.05, 0.1) is 31.1 Å². The highest BCUT2D eigenvalue weighted by Crippen LogP contribution is 2.31. The van der Waals surface area contributed by atoms with Gasteiger partial charge in [0.2, 0.25) is 0 Å². The molecular weight excluding hydrogens is 468 g/mol. The predicted octanol–water partition coefficient (Wildman–Crippen LogP) is 4.57. The zero-order chi connectivity index (χ0) is 26.4. The molecule has 4 rings (SSSR count). The van der Waals surface area contributed by atoms with Crippen LogP contribution in [0, 0.1) is 11.3 Å². The number of nitriles is 1. The number of para-hydroxylation sites is 1. The number of ether oxygens (including phenoxy) is 2. The number of rotatable bonds is 9. The van der Waals surface area contributed by atoms with Gasteiger partial charge >= 0.3 is 0 Å². The number of nitrogens with zero attached hydrogens (tertiary/aromatic N) is 4. The third-order valence-electron chi connectivity index (χ3n) is 6.01. The van der Waals surface area contributed by atoms with Gasteiger partial charge in [-0.05, 0) is 61.4 Å². The third kappa shape index (κ3) is 5.37. The van der Waals surface area contributed by atoms with Crippen LogP contribution in [0.2, 0.25) is 0 Å². The Hall–Kier alpha value is -4.48. The Bertz CT molecular complexity index is 1400. The molecule has 8 nitrogen and oxygen atoms in total. The molecule has 0 spiro atoms. The molecule has 0 saturated heterocycles. The molecule has 0 radical (unpaired) electrons. The Morgan fingerprint density at radius 3 is 2.41 bits per heavy atom. The molecule has 0 fully saturated rings. The molecule has 0 aliphatic carbocycles. The van der Waals surface area contributed by atoms with Crippen molar-refractivity contribution in [2.45, 2.75) is 20.3 Å². The molecule has 8 heteroatoms. The molecule has 2 heterocycles. The highest BCUT2D eigenvalue weighted by molar-refractivity contribution is 6.19. The Balaban J connectivity index is 1.84. The molecule has 3 aromatic rings. The van der Waals surface area contributed by atoms with Crippen LogP contribution in [-0.2, 0) is 14.3 Å². The molecule has 0 saturated carbocycles. The number of hydrogen-bond acceptors (Lipinski definition) is 6. The number of amides is 2. The maximum atomic E-state index is 13.4. The fraction of sp³-hybridized carbons (Fsp3) is 0.241. The van der Waals surface area contributed by atoms with E-state index in [4.69, 9.17) is 14.6 Å². The van der Waals surface area contributed by atoms with Crippen molar-refractivity contribution < 1.29 is 19.1 Å². The zero-order valence-corrected chi connectivity index (χ0v) is 21.1. The number of imide groups is 1. The van der Waals surface area contributed by atoms with Gasteiger partial charge < -0.3 is 9.47 Å². The molecule has 0 bridgehead atoms. The molecule has 2 amide bonds. The fourth-order valence-corrected chi connectivity index (χ4v) is 4.03. The van der Waals surface area contributed by atoms with Crippen molar-refractivity contribution in [2.75, 3.05) is 26.9 Å². The van der Waals surface area contributed by atoms with E-state index in [9.17, 15) is 14.9 Å². The summed E-state index contributed by atoms with van der Waals surface area (Å²) in [4.78, 5) is 27.2. The van der Waals surface area contributed by atoms with Gasteiger partial charge in [0, 0.05) is 30.0 Å². The molecule has 0 atom stereocenters. The van der Waals surface area contributed by atoms with Gasteiger partial charge in [0.15, 0.2) is 0 Å². The Labute approximate surface area is 216 Å². The van der Waals surface area contributed by atoms with Crippen LogP contribution < -0.4 is 4.74 Å². The monoisotopic (exact) mass is 496 g/mol. The first-order valence-electron chi connectivity index (χ1n) is 12.0. The van der Waals surface area contributed by atoms with E-state index in [-0.39, 0.29) is 24.3 Å². The normalized spacial score (nSPS) is 14.9. The van der Waals surface area contributed by atoms with E-state index < -0.39 is 11.8 Å². The summed E-state index contributed by atoms with van der Waals surface area (Å²) in [5.74, 6) is -0.317. The minimum Gasteiger partial charge on any atom is -0.494 e. The molecule has 1 aromatic heterocycles. The Morgan fingerprint density at radius 1 is 1.03 bits per heavy atom. The summed E-state index contributed by atoms with van der Waals surface area (Å²) in [5.41, 5.74) is 3.56. The standard InChI is InChI=1S/C29H28N4O4/c1-4-15-37-24-12-10-21(11-13-24)27-22(19-33(31-27)23-8-6-5-7-9-23)17-25-20(2)26(18-30)29(35)32(28(25)34)14-16-36-3/h5-13,17,19H,4,14-16H2,1-3H3/b25-17+. The fourth-order valence-electron chi connectivity index (χ4n) is 4.03. The van der Waals surface area contributed by atoms with Crippen molar-refractivity contribution in [2.24, 2.45) is 0 Å². The number of methoxy groups -OCH3 is 1. The number of benzene rings is 2. The van der Waals surface area contributed by atoms with Gasteiger partial charge in [-0.15, -0.1) is 0 Å². The van der Waals surface area contributed by atoms with Gasteiger partial charge in [0.25, 0.3) is 11.8 Å². The van der Waals surface area contributed by atoms with E-state index in [1.165, 1.54) is 7.11 Å². The van der Waals surface area contributed by atoms with Crippen molar-refractivity contribution in [1.82, 2.24) is 14.7 Å².